The van der Waals surface area contributed by atoms with E-state index < -0.39 is 17.5 Å². The second-order valence-corrected chi connectivity index (χ2v) is 6.36. The number of hydrogen-bond acceptors (Lipinski definition) is 3. The number of pyridine rings is 1. The van der Waals surface area contributed by atoms with E-state index >= 15 is 0 Å². The molecule has 2 aromatic carbocycles. The lowest BCUT2D eigenvalue weighted by molar-refractivity contribution is 0.247. The van der Waals surface area contributed by atoms with Crippen LogP contribution >= 0.6 is 0 Å². The van der Waals surface area contributed by atoms with Crippen LogP contribution < -0.4 is 10.1 Å². The number of ether oxygens (including phenoxy) is 1. The van der Waals surface area contributed by atoms with E-state index in [9.17, 15) is 13.2 Å². The van der Waals surface area contributed by atoms with Gasteiger partial charge in [-0.3, -0.25) is 4.98 Å². The van der Waals surface area contributed by atoms with Gasteiger partial charge in [0.15, 0.2) is 0 Å². The summed E-state index contributed by atoms with van der Waals surface area (Å²) in [6.45, 7) is 0.830. The molecule has 1 aliphatic heterocycles. The minimum absolute atomic E-state index is 0.0435. The van der Waals surface area contributed by atoms with E-state index in [1.165, 1.54) is 12.1 Å². The lowest BCUT2D eigenvalue weighted by Crippen LogP contribution is -2.28. The quantitative estimate of drug-likeness (QED) is 0.718. The van der Waals surface area contributed by atoms with E-state index in [0.29, 0.717) is 12.2 Å². The first-order valence-corrected chi connectivity index (χ1v) is 8.67. The molecule has 4 rings (SSSR count). The highest BCUT2D eigenvalue weighted by atomic mass is 19.1. The van der Waals surface area contributed by atoms with Gasteiger partial charge in [-0.2, -0.15) is 0 Å². The summed E-state index contributed by atoms with van der Waals surface area (Å²) in [5.74, 6) is -1.22. The first-order valence-electron chi connectivity index (χ1n) is 8.67. The van der Waals surface area contributed by atoms with Gasteiger partial charge in [-0.1, -0.05) is 18.2 Å². The fraction of sp³-hybridized carbons (Fsp3) is 0.190. The summed E-state index contributed by atoms with van der Waals surface area (Å²) in [5.41, 5.74) is 1.16. The van der Waals surface area contributed by atoms with E-state index in [0.717, 1.165) is 36.1 Å². The molecule has 0 fully saturated rings. The Labute approximate surface area is 154 Å². The van der Waals surface area contributed by atoms with E-state index in [-0.39, 0.29) is 23.7 Å². The van der Waals surface area contributed by atoms with Crippen LogP contribution in [0.1, 0.15) is 23.7 Å². The van der Waals surface area contributed by atoms with Crippen molar-refractivity contribution in [3.8, 4) is 16.9 Å². The van der Waals surface area contributed by atoms with Crippen molar-refractivity contribution in [2.24, 2.45) is 0 Å². The molecule has 1 aliphatic rings. The molecule has 138 valence electrons. The zero-order chi connectivity index (χ0) is 18.8. The van der Waals surface area contributed by atoms with E-state index in [1.807, 2.05) is 6.07 Å². The molecule has 1 atom stereocenters. The Morgan fingerprint density at radius 1 is 1.00 bits per heavy atom. The van der Waals surface area contributed by atoms with Gasteiger partial charge in [0.1, 0.15) is 23.2 Å². The first kappa shape index (κ1) is 17.5. The van der Waals surface area contributed by atoms with E-state index in [1.54, 1.807) is 18.3 Å². The molecule has 3 nitrogen and oxygen atoms in total. The topological polar surface area (TPSA) is 34.1 Å². The van der Waals surface area contributed by atoms with Crippen LogP contribution in [0.3, 0.4) is 0 Å². The molecule has 27 heavy (non-hydrogen) atoms. The fourth-order valence-corrected chi connectivity index (χ4v) is 3.26. The Bertz CT molecular complexity index is 957. The number of halogens is 3. The number of hydrogen-bond donors (Lipinski definition) is 1. The third-order valence-corrected chi connectivity index (χ3v) is 4.64. The average Bonchev–Trinajstić information content (AvgIpc) is 2.67. The number of nitrogens with one attached hydrogen (secondary N) is 1. The molecule has 2 heterocycles. The molecule has 0 aliphatic carbocycles. The van der Waals surface area contributed by atoms with Crippen molar-refractivity contribution in [3.63, 3.8) is 0 Å². The van der Waals surface area contributed by atoms with Gasteiger partial charge in [0.05, 0.1) is 23.9 Å². The Morgan fingerprint density at radius 3 is 2.59 bits per heavy atom. The van der Waals surface area contributed by atoms with Crippen LogP contribution in [-0.4, -0.2) is 11.6 Å². The molecular formula is C21H17F3N2O. The first-order chi connectivity index (χ1) is 13.1. The average molecular weight is 370 g/mol. The molecule has 1 unspecified atom stereocenters. The predicted molar refractivity (Wildman–Crippen MR) is 95.7 cm³/mol. The Balaban J connectivity index is 1.53. The van der Waals surface area contributed by atoms with Gasteiger partial charge in [0, 0.05) is 24.7 Å². The summed E-state index contributed by atoms with van der Waals surface area (Å²) < 4.78 is 47.9. The number of fused-ring (bicyclic) bond motifs is 1. The third kappa shape index (κ3) is 3.53. The van der Waals surface area contributed by atoms with Gasteiger partial charge in [0.2, 0.25) is 0 Å². The van der Waals surface area contributed by atoms with Crippen LogP contribution in [-0.2, 0) is 6.54 Å². The Kier molecular flexibility index (Phi) is 4.81. The van der Waals surface area contributed by atoms with E-state index in [2.05, 4.69) is 10.3 Å². The summed E-state index contributed by atoms with van der Waals surface area (Å²) in [6.07, 6.45) is 2.42. The molecule has 0 saturated heterocycles. The van der Waals surface area contributed by atoms with Gasteiger partial charge >= 0.3 is 0 Å². The summed E-state index contributed by atoms with van der Waals surface area (Å²) in [6, 6.07) is 11.4. The molecule has 0 amide bonds. The van der Waals surface area contributed by atoms with E-state index in [4.69, 9.17) is 4.74 Å². The van der Waals surface area contributed by atoms with Crippen LogP contribution in [0, 0.1) is 17.5 Å². The number of aromatic nitrogens is 1. The molecule has 0 spiro atoms. The van der Waals surface area contributed by atoms with Gasteiger partial charge in [-0.25, -0.2) is 13.2 Å². The Hall–Kier alpha value is -2.86. The second kappa shape index (κ2) is 7.40. The van der Waals surface area contributed by atoms with Gasteiger partial charge in [0.25, 0.3) is 0 Å². The Morgan fingerprint density at radius 2 is 1.81 bits per heavy atom. The number of nitrogens with zero attached hydrogens (tertiary/aromatic N) is 1. The highest BCUT2D eigenvalue weighted by Crippen LogP contribution is 2.31. The SMILES string of the molecule is Fc1cc(-c2c(F)cccc2F)ccc1CNC1CCOc2cccnc21. The van der Waals surface area contributed by atoms with Crippen LogP contribution in [0.2, 0.25) is 0 Å². The maximum Gasteiger partial charge on any atom is 0.142 e. The predicted octanol–water partition coefficient (Wildman–Crippen LogP) is 4.78. The maximum absolute atomic E-state index is 14.5. The maximum atomic E-state index is 14.5. The van der Waals surface area contributed by atoms with Crippen LogP contribution in [0.25, 0.3) is 11.1 Å². The molecule has 1 aromatic heterocycles. The second-order valence-electron chi connectivity index (χ2n) is 6.36. The molecule has 1 N–H and O–H groups in total. The third-order valence-electron chi connectivity index (χ3n) is 4.64. The molecule has 0 saturated carbocycles. The highest BCUT2D eigenvalue weighted by Gasteiger charge is 2.22. The summed E-state index contributed by atoms with van der Waals surface area (Å²) >= 11 is 0. The van der Waals surface area contributed by atoms with Crippen molar-refractivity contribution in [1.29, 1.82) is 0 Å². The summed E-state index contributed by atoms with van der Waals surface area (Å²) in [4.78, 5) is 4.34. The molecule has 0 radical (unpaired) electrons. The number of benzene rings is 2. The molecule has 0 bridgehead atoms. The fourth-order valence-electron chi connectivity index (χ4n) is 3.26. The van der Waals surface area contributed by atoms with Gasteiger partial charge in [-0.05, 0) is 35.9 Å². The van der Waals surface area contributed by atoms with Crippen molar-refractivity contribution >= 4 is 0 Å². The zero-order valence-electron chi connectivity index (χ0n) is 14.4. The van der Waals surface area contributed by atoms with Crippen molar-refractivity contribution in [3.05, 3.63) is 83.4 Å². The number of rotatable bonds is 4. The smallest absolute Gasteiger partial charge is 0.142 e. The normalized spacial score (nSPS) is 15.9. The van der Waals surface area contributed by atoms with Crippen LogP contribution in [0.4, 0.5) is 13.2 Å². The lowest BCUT2D eigenvalue weighted by atomic mass is 10.0. The monoisotopic (exact) mass is 370 g/mol. The van der Waals surface area contributed by atoms with Gasteiger partial charge < -0.3 is 10.1 Å². The molecule has 3 aromatic rings. The summed E-state index contributed by atoms with van der Waals surface area (Å²) in [5, 5.41) is 3.29. The van der Waals surface area contributed by atoms with Crippen molar-refractivity contribution in [2.45, 2.75) is 19.0 Å². The zero-order valence-corrected chi connectivity index (χ0v) is 14.4. The standard InChI is InChI=1S/C21H17F3N2O/c22-15-3-1-4-16(23)20(15)13-6-7-14(17(24)11-13)12-26-18-8-10-27-19-5-2-9-25-21(18)19/h1-7,9,11,18,26H,8,10,12H2. The lowest BCUT2D eigenvalue weighted by Gasteiger charge is -2.25. The summed E-state index contributed by atoms with van der Waals surface area (Å²) in [7, 11) is 0. The van der Waals surface area contributed by atoms with Crippen LogP contribution in [0.5, 0.6) is 5.75 Å². The van der Waals surface area contributed by atoms with Gasteiger partial charge in [-0.15, -0.1) is 0 Å². The molecule has 6 heteroatoms. The minimum atomic E-state index is -0.717. The van der Waals surface area contributed by atoms with Crippen molar-refractivity contribution in [2.75, 3.05) is 6.61 Å². The minimum Gasteiger partial charge on any atom is -0.492 e. The van der Waals surface area contributed by atoms with Crippen molar-refractivity contribution in [1.82, 2.24) is 10.3 Å². The van der Waals surface area contributed by atoms with Crippen molar-refractivity contribution < 1.29 is 17.9 Å². The largest absolute Gasteiger partial charge is 0.492 e. The molecular weight excluding hydrogens is 353 g/mol. The van der Waals surface area contributed by atoms with Crippen LogP contribution in [0.15, 0.2) is 54.7 Å². The highest BCUT2D eigenvalue weighted by molar-refractivity contribution is 5.65.